The number of hydrogen-bond acceptors (Lipinski definition) is 2. The monoisotopic (exact) mass is 291 g/mol. The van der Waals surface area contributed by atoms with Crippen LogP contribution in [0.25, 0.3) is 11.1 Å². The number of halogens is 1. The van der Waals surface area contributed by atoms with Crippen LogP contribution in [-0.4, -0.2) is 12.1 Å². The summed E-state index contributed by atoms with van der Waals surface area (Å²) in [6, 6.07) is 8.25. The van der Waals surface area contributed by atoms with E-state index < -0.39 is 0 Å². The van der Waals surface area contributed by atoms with E-state index in [1.54, 1.807) is 13.3 Å². The van der Waals surface area contributed by atoms with Gasteiger partial charge in [-0.25, -0.2) is 4.98 Å². The van der Waals surface area contributed by atoms with E-state index >= 15 is 0 Å². The van der Waals surface area contributed by atoms with Crippen molar-refractivity contribution in [3.63, 3.8) is 0 Å². The topological polar surface area (TPSA) is 22.1 Å². The molecule has 0 radical (unpaired) electrons. The Bertz CT molecular complexity index is 529. The Hall–Kier alpha value is -1.35. The molecular weight excluding hydrogens is 278 g/mol. The Balaban J connectivity index is 2.52. The number of hydrogen-bond donors (Lipinski definition) is 0. The molecule has 1 aromatic heterocycles. The fourth-order valence-electron chi connectivity index (χ4n) is 1.81. The van der Waals surface area contributed by atoms with Crippen molar-refractivity contribution in [3.8, 4) is 17.0 Å². The molecule has 0 fully saturated rings. The maximum absolute atomic E-state index is 5.14. The van der Waals surface area contributed by atoms with Gasteiger partial charge in [0.15, 0.2) is 0 Å². The van der Waals surface area contributed by atoms with Gasteiger partial charge in [0.05, 0.1) is 7.11 Å². The third-order valence-corrected chi connectivity index (χ3v) is 3.96. The van der Waals surface area contributed by atoms with Crippen LogP contribution in [0.15, 0.2) is 34.9 Å². The smallest absolute Gasteiger partial charge is 0.213 e. The molecule has 0 atom stereocenters. The summed E-state index contributed by atoms with van der Waals surface area (Å²) >= 11 is 3.58. The number of aryl methyl sites for hydroxylation is 2. The quantitative estimate of drug-likeness (QED) is 0.830. The molecule has 0 bridgehead atoms. The molecule has 1 heterocycles. The van der Waals surface area contributed by atoms with Gasteiger partial charge in [0.1, 0.15) is 0 Å². The Morgan fingerprint density at radius 1 is 1.06 bits per heavy atom. The maximum atomic E-state index is 5.14. The van der Waals surface area contributed by atoms with Crippen LogP contribution in [0.1, 0.15) is 11.1 Å². The number of ether oxygens (including phenoxy) is 1. The van der Waals surface area contributed by atoms with Gasteiger partial charge in [-0.1, -0.05) is 28.1 Å². The summed E-state index contributed by atoms with van der Waals surface area (Å²) in [6.45, 7) is 4.19. The highest BCUT2D eigenvalue weighted by Crippen LogP contribution is 2.29. The third-order valence-electron chi connectivity index (χ3n) is 2.71. The zero-order valence-electron chi connectivity index (χ0n) is 10.1. The van der Waals surface area contributed by atoms with E-state index in [0.717, 1.165) is 5.56 Å². The first-order valence-electron chi connectivity index (χ1n) is 5.39. The van der Waals surface area contributed by atoms with E-state index in [-0.39, 0.29) is 0 Å². The third kappa shape index (κ3) is 2.50. The Labute approximate surface area is 110 Å². The fraction of sp³-hybridized carbons (Fsp3) is 0.214. The highest BCUT2D eigenvalue weighted by atomic mass is 79.9. The van der Waals surface area contributed by atoms with Crippen molar-refractivity contribution in [1.82, 2.24) is 4.98 Å². The van der Waals surface area contributed by atoms with Gasteiger partial charge in [-0.05, 0) is 42.2 Å². The van der Waals surface area contributed by atoms with Crippen LogP contribution in [0.4, 0.5) is 0 Å². The summed E-state index contributed by atoms with van der Waals surface area (Å²) in [5.74, 6) is 0.640. The standard InChI is InChI=1S/C14H14BrNO/c1-9-6-12(7-10(2)14(9)15)11-4-5-16-13(8-11)17-3/h4-8H,1-3H3. The van der Waals surface area contributed by atoms with E-state index in [2.05, 4.69) is 46.9 Å². The van der Waals surface area contributed by atoms with Crippen LogP contribution in [0.3, 0.4) is 0 Å². The van der Waals surface area contributed by atoms with Gasteiger partial charge in [-0.15, -0.1) is 0 Å². The van der Waals surface area contributed by atoms with Crippen LogP contribution in [-0.2, 0) is 0 Å². The second kappa shape index (κ2) is 4.88. The summed E-state index contributed by atoms with van der Waals surface area (Å²) < 4.78 is 6.31. The summed E-state index contributed by atoms with van der Waals surface area (Å²) in [4.78, 5) is 4.11. The molecule has 0 saturated carbocycles. The van der Waals surface area contributed by atoms with Crippen LogP contribution >= 0.6 is 15.9 Å². The first kappa shape index (κ1) is 12.1. The first-order chi connectivity index (χ1) is 8.11. The van der Waals surface area contributed by atoms with Crippen LogP contribution in [0, 0.1) is 13.8 Å². The van der Waals surface area contributed by atoms with Gasteiger partial charge >= 0.3 is 0 Å². The van der Waals surface area contributed by atoms with Crippen molar-refractivity contribution in [2.45, 2.75) is 13.8 Å². The lowest BCUT2D eigenvalue weighted by Gasteiger charge is -2.09. The predicted octanol–water partition coefficient (Wildman–Crippen LogP) is 4.14. The van der Waals surface area contributed by atoms with Crippen molar-refractivity contribution in [1.29, 1.82) is 0 Å². The molecule has 2 aromatic rings. The minimum Gasteiger partial charge on any atom is -0.481 e. The van der Waals surface area contributed by atoms with E-state index in [9.17, 15) is 0 Å². The summed E-state index contributed by atoms with van der Waals surface area (Å²) in [7, 11) is 1.63. The van der Waals surface area contributed by atoms with E-state index in [4.69, 9.17) is 4.74 Å². The van der Waals surface area contributed by atoms with Gasteiger partial charge in [0.2, 0.25) is 5.88 Å². The highest BCUT2D eigenvalue weighted by Gasteiger charge is 2.05. The van der Waals surface area contributed by atoms with Gasteiger partial charge in [0, 0.05) is 16.7 Å². The molecule has 88 valence electrons. The molecule has 0 amide bonds. The molecule has 0 N–H and O–H groups in total. The second-order valence-electron chi connectivity index (χ2n) is 4.01. The van der Waals surface area contributed by atoms with Gasteiger partial charge in [-0.2, -0.15) is 0 Å². The van der Waals surface area contributed by atoms with Crippen molar-refractivity contribution in [2.75, 3.05) is 7.11 Å². The molecule has 0 unspecified atom stereocenters. The number of aromatic nitrogens is 1. The van der Waals surface area contributed by atoms with Gasteiger partial charge in [0.25, 0.3) is 0 Å². The minimum atomic E-state index is 0.640. The lowest BCUT2D eigenvalue weighted by molar-refractivity contribution is 0.398. The van der Waals surface area contributed by atoms with Crippen molar-refractivity contribution >= 4 is 15.9 Å². The summed E-state index contributed by atoms with van der Waals surface area (Å²) in [5.41, 5.74) is 4.77. The molecule has 2 rings (SSSR count). The number of pyridine rings is 1. The summed E-state index contributed by atoms with van der Waals surface area (Å²) in [6.07, 6.45) is 1.76. The number of nitrogens with zero attached hydrogens (tertiary/aromatic N) is 1. The van der Waals surface area contributed by atoms with Crippen LogP contribution < -0.4 is 4.74 Å². The predicted molar refractivity (Wildman–Crippen MR) is 73.4 cm³/mol. The average molecular weight is 292 g/mol. The van der Waals surface area contributed by atoms with Gasteiger partial charge < -0.3 is 4.74 Å². The molecule has 2 nitrogen and oxygen atoms in total. The fourth-order valence-corrected chi connectivity index (χ4v) is 2.04. The normalized spacial score (nSPS) is 10.4. The zero-order valence-corrected chi connectivity index (χ0v) is 11.7. The van der Waals surface area contributed by atoms with E-state index in [1.165, 1.54) is 21.2 Å². The molecule has 3 heteroatoms. The molecule has 0 aliphatic carbocycles. The molecule has 0 aliphatic rings. The zero-order chi connectivity index (χ0) is 12.4. The molecule has 0 aliphatic heterocycles. The molecule has 17 heavy (non-hydrogen) atoms. The minimum absolute atomic E-state index is 0.640. The SMILES string of the molecule is COc1cc(-c2cc(C)c(Br)c(C)c2)ccn1. The van der Waals surface area contributed by atoms with Crippen LogP contribution in [0.2, 0.25) is 0 Å². The largest absolute Gasteiger partial charge is 0.481 e. The van der Waals surface area contributed by atoms with E-state index in [1.807, 2.05) is 12.1 Å². The van der Waals surface area contributed by atoms with Crippen LogP contribution in [0.5, 0.6) is 5.88 Å². The van der Waals surface area contributed by atoms with Crippen molar-refractivity contribution in [3.05, 3.63) is 46.1 Å². The molecular formula is C14H14BrNO. The first-order valence-corrected chi connectivity index (χ1v) is 6.18. The maximum Gasteiger partial charge on any atom is 0.213 e. The molecule has 1 aromatic carbocycles. The highest BCUT2D eigenvalue weighted by molar-refractivity contribution is 9.10. The van der Waals surface area contributed by atoms with E-state index in [0.29, 0.717) is 5.88 Å². The number of methoxy groups -OCH3 is 1. The molecule has 0 spiro atoms. The lowest BCUT2D eigenvalue weighted by atomic mass is 10.0. The number of rotatable bonds is 2. The van der Waals surface area contributed by atoms with Crippen molar-refractivity contribution < 1.29 is 4.74 Å². The lowest BCUT2D eigenvalue weighted by Crippen LogP contribution is -1.89. The summed E-state index contributed by atoms with van der Waals surface area (Å²) in [5, 5.41) is 0. The Morgan fingerprint density at radius 2 is 1.71 bits per heavy atom. The Morgan fingerprint density at radius 3 is 2.29 bits per heavy atom. The average Bonchev–Trinajstić information content (AvgIpc) is 2.35. The molecule has 0 saturated heterocycles. The second-order valence-corrected chi connectivity index (χ2v) is 4.80. The Kier molecular flexibility index (Phi) is 3.48. The number of benzene rings is 1. The van der Waals surface area contributed by atoms with Crippen molar-refractivity contribution in [2.24, 2.45) is 0 Å². The van der Waals surface area contributed by atoms with Gasteiger partial charge in [-0.3, -0.25) is 0 Å².